The van der Waals surface area contributed by atoms with E-state index in [2.05, 4.69) is 22.9 Å². The summed E-state index contributed by atoms with van der Waals surface area (Å²) in [6.45, 7) is 3.68. The highest BCUT2D eigenvalue weighted by Gasteiger charge is 2.23. The molecule has 0 bridgehead atoms. The van der Waals surface area contributed by atoms with Crippen LogP contribution in [0.5, 0.6) is 5.75 Å². The molecule has 40 heavy (non-hydrogen) atoms. The molecule has 10 nitrogen and oxygen atoms in total. The number of hydrogen-bond acceptors (Lipinski definition) is 6. The van der Waals surface area contributed by atoms with Gasteiger partial charge in [-0.1, -0.05) is 24.3 Å². The summed E-state index contributed by atoms with van der Waals surface area (Å²) in [5.41, 5.74) is 4.17. The van der Waals surface area contributed by atoms with E-state index >= 15 is 0 Å². The Labute approximate surface area is 231 Å². The van der Waals surface area contributed by atoms with Gasteiger partial charge in [0.2, 0.25) is 0 Å². The lowest BCUT2D eigenvalue weighted by Crippen LogP contribution is -2.28. The summed E-state index contributed by atoms with van der Waals surface area (Å²) in [4.78, 5) is 34.0. The number of amides is 1. The number of imidazole rings is 2. The fraction of sp³-hybridized carbons (Fsp3) is 0.267. The maximum absolute atomic E-state index is 12.9. The van der Waals surface area contributed by atoms with Crippen LogP contribution >= 0.6 is 0 Å². The lowest BCUT2D eigenvalue weighted by molar-refractivity contribution is 0.0691. The third-order valence-corrected chi connectivity index (χ3v) is 6.92. The molecule has 1 atom stereocenters. The molecule has 1 unspecified atom stereocenters. The Hall–Kier alpha value is -4.70. The number of nitrogens with one attached hydrogen (secondary N) is 1. The first-order valence-electron chi connectivity index (χ1n) is 13.0. The van der Waals surface area contributed by atoms with Crippen LogP contribution in [0.15, 0.2) is 66.7 Å². The van der Waals surface area contributed by atoms with Crippen molar-refractivity contribution in [3.05, 3.63) is 89.5 Å². The quantitative estimate of drug-likeness (QED) is 0.240. The number of para-hydroxylation sites is 3. The minimum Gasteiger partial charge on any atom is -0.491 e. The van der Waals surface area contributed by atoms with Crippen LogP contribution in [0.3, 0.4) is 0 Å². The number of nitrogens with zero attached hydrogens (tertiary/aromatic N) is 4. The van der Waals surface area contributed by atoms with Crippen LogP contribution in [0.2, 0.25) is 0 Å². The van der Waals surface area contributed by atoms with Crippen LogP contribution in [0.4, 0.5) is 0 Å². The molecule has 0 fully saturated rings. The third-order valence-electron chi connectivity index (χ3n) is 6.92. The van der Waals surface area contributed by atoms with E-state index in [1.54, 1.807) is 31.4 Å². The maximum atomic E-state index is 12.9. The largest absolute Gasteiger partial charge is 0.491 e. The van der Waals surface area contributed by atoms with Gasteiger partial charge in [-0.2, -0.15) is 0 Å². The molecule has 2 heterocycles. The van der Waals surface area contributed by atoms with Gasteiger partial charge in [-0.25, -0.2) is 14.8 Å². The number of aryl methyl sites for hydroxylation is 1. The summed E-state index contributed by atoms with van der Waals surface area (Å²) in [7, 11) is 3.63. The van der Waals surface area contributed by atoms with E-state index in [9.17, 15) is 14.7 Å². The molecule has 206 valence electrons. The molecule has 0 spiro atoms. The highest BCUT2D eigenvalue weighted by molar-refractivity contribution is 5.97. The van der Waals surface area contributed by atoms with Crippen molar-refractivity contribution in [2.24, 2.45) is 7.05 Å². The molecule has 1 amide bonds. The predicted molar refractivity (Wildman–Crippen MR) is 151 cm³/mol. The Balaban J connectivity index is 1.32. The Morgan fingerprint density at radius 2 is 1.68 bits per heavy atom. The van der Waals surface area contributed by atoms with Crippen LogP contribution < -0.4 is 10.1 Å². The SMILES string of the molecule is COCCn1c(C(C)c2nc3ccc(C(=O)NCCOc4ccccc4C(=O)O)cc3n2C)nc2ccccc21. The molecular weight excluding hydrogens is 510 g/mol. The standard InChI is InChI=1S/C30H31N5O5/c1-19(28-33-22-9-5-6-10-24(22)35(28)15-17-39-3)27-32-23-13-12-20(18-25(23)34(27)2)29(36)31-14-16-40-26-11-7-4-8-21(26)30(37)38/h4-13,18-19H,14-17H2,1-3H3,(H,31,36)(H,37,38). The summed E-state index contributed by atoms with van der Waals surface area (Å²) in [6.07, 6.45) is 0. The summed E-state index contributed by atoms with van der Waals surface area (Å²) < 4.78 is 15.1. The number of rotatable bonds is 11. The molecule has 5 rings (SSSR count). The average molecular weight is 542 g/mol. The van der Waals surface area contributed by atoms with Crippen molar-refractivity contribution >= 4 is 33.9 Å². The zero-order valence-electron chi connectivity index (χ0n) is 22.6. The Morgan fingerprint density at radius 1 is 0.950 bits per heavy atom. The molecule has 0 saturated heterocycles. The van der Waals surface area contributed by atoms with Crippen molar-refractivity contribution in [2.45, 2.75) is 19.4 Å². The lowest BCUT2D eigenvalue weighted by atomic mass is 10.1. The summed E-state index contributed by atoms with van der Waals surface area (Å²) in [5.74, 6) is 0.577. The maximum Gasteiger partial charge on any atom is 0.339 e. The molecule has 0 aliphatic carbocycles. The van der Waals surface area contributed by atoms with E-state index in [0.717, 1.165) is 33.7 Å². The molecule has 5 aromatic rings. The number of carbonyl (C=O) groups is 2. The van der Waals surface area contributed by atoms with Crippen molar-refractivity contribution in [1.29, 1.82) is 0 Å². The molecular formula is C30H31N5O5. The summed E-state index contributed by atoms with van der Waals surface area (Å²) in [6, 6.07) is 19.9. The molecule has 2 N–H and O–H groups in total. The monoisotopic (exact) mass is 541 g/mol. The van der Waals surface area contributed by atoms with Gasteiger partial charge in [0.15, 0.2) is 0 Å². The van der Waals surface area contributed by atoms with Crippen LogP contribution in [-0.2, 0) is 18.3 Å². The van der Waals surface area contributed by atoms with E-state index in [4.69, 9.17) is 19.4 Å². The van der Waals surface area contributed by atoms with Gasteiger partial charge in [0.25, 0.3) is 5.91 Å². The van der Waals surface area contributed by atoms with Crippen LogP contribution in [0, 0.1) is 0 Å². The first-order valence-corrected chi connectivity index (χ1v) is 13.0. The second-order valence-corrected chi connectivity index (χ2v) is 9.46. The first-order chi connectivity index (χ1) is 19.4. The van der Waals surface area contributed by atoms with E-state index in [1.807, 2.05) is 41.9 Å². The highest BCUT2D eigenvalue weighted by atomic mass is 16.5. The van der Waals surface area contributed by atoms with Gasteiger partial charge < -0.3 is 29.0 Å². The number of aromatic carboxylic acids is 1. The van der Waals surface area contributed by atoms with Crippen molar-refractivity contribution in [3.8, 4) is 5.75 Å². The zero-order valence-corrected chi connectivity index (χ0v) is 22.6. The molecule has 0 aliphatic rings. The average Bonchev–Trinajstić information content (AvgIpc) is 3.51. The molecule has 0 saturated carbocycles. The van der Waals surface area contributed by atoms with Gasteiger partial charge in [-0.3, -0.25) is 4.79 Å². The number of methoxy groups -OCH3 is 1. The highest BCUT2D eigenvalue weighted by Crippen LogP contribution is 2.29. The number of aromatic nitrogens is 4. The van der Waals surface area contributed by atoms with Gasteiger partial charge in [0.05, 0.1) is 41.1 Å². The number of hydrogen-bond donors (Lipinski definition) is 2. The number of carboxylic acids is 1. The topological polar surface area (TPSA) is 121 Å². The minimum absolute atomic E-state index is 0.0785. The third kappa shape index (κ3) is 5.26. The number of carboxylic acid groups (broad SMARTS) is 1. The lowest BCUT2D eigenvalue weighted by Gasteiger charge is -2.15. The van der Waals surface area contributed by atoms with Gasteiger partial charge in [0, 0.05) is 26.3 Å². The van der Waals surface area contributed by atoms with Crippen molar-refractivity contribution in [1.82, 2.24) is 24.4 Å². The number of benzene rings is 3. The first kappa shape index (κ1) is 26.9. The summed E-state index contributed by atoms with van der Waals surface area (Å²) >= 11 is 0. The van der Waals surface area contributed by atoms with Crippen LogP contribution in [0.1, 0.15) is 45.2 Å². The van der Waals surface area contributed by atoms with Crippen molar-refractivity contribution in [2.75, 3.05) is 26.9 Å². The summed E-state index contributed by atoms with van der Waals surface area (Å²) in [5, 5.41) is 12.1. The smallest absolute Gasteiger partial charge is 0.339 e. The van der Waals surface area contributed by atoms with E-state index < -0.39 is 5.97 Å². The second-order valence-electron chi connectivity index (χ2n) is 9.46. The fourth-order valence-electron chi connectivity index (χ4n) is 4.89. The fourth-order valence-corrected chi connectivity index (χ4v) is 4.89. The van der Waals surface area contributed by atoms with E-state index in [-0.39, 0.29) is 36.3 Å². The Morgan fingerprint density at radius 3 is 2.48 bits per heavy atom. The van der Waals surface area contributed by atoms with Crippen LogP contribution in [-0.4, -0.2) is 63.0 Å². The molecule has 10 heteroatoms. The van der Waals surface area contributed by atoms with Crippen LogP contribution in [0.25, 0.3) is 22.1 Å². The molecule has 2 aromatic heterocycles. The Bertz CT molecular complexity index is 1690. The minimum atomic E-state index is -1.06. The van der Waals surface area contributed by atoms with Crippen molar-refractivity contribution < 1.29 is 24.2 Å². The second kappa shape index (κ2) is 11.6. The van der Waals surface area contributed by atoms with E-state index in [1.165, 1.54) is 6.07 Å². The van der Waals surface area contributed by atoms with E-state index in [0.29, 0.717) is 18.7 Å². The molecule has 3 aromatic carbocycles. The Kier molecular flexibility index (Phi) is 7.79. The predicted octanol–water partition coefficient (Wildman–Crippen LogP) is 4.23. The normalized spacial score (nSPS) is 12.1. The number of fused-ring (bicyclic) bond motifs is 2. The van der Waals surface area contributed by atoms with Gasteiger partial charge in [-0.15, -0.1) is 0 Å². The molecule has 0 aliphatic heterocycles. The number of ether oxygens (including phenoxy) is 2. The molecule has 0 radical (unpaired) electrons. The zero-order chi connectivity index (χ0) is 28.2. The van der Waals surface area contributed by atoms with Gasteiger partial charge in [0.1, 0.15) is 29.6 Å². The van der Waals surface area contributed by atoms with Crippen molar-refractivity contribution in [3.63, 3.8) is 0 Å². The number of carbonyl (C=O) groups excluding carboxylic acids is 1. The van der Waals surface area contributed by atoms with Gasteiger partial charge >= 0.3 is 5.97 Å². The van der Waals surface area contributed by atoms with Gasteiger partial charge in [-0.05, 0) is 49.4 Å².